The number of nitrogens with one attached hydrogen (secondary N) is 1. The quantitative estimate of drug-likeness (QED) is 0.522. The second-order valence-electron chi connectivity index (χ2n) is 8.52. The summed E-state index contributed by atoms with van der Waals surface area (Å²) in [5, 5.41) is 3.82. The third-order valence-electron chi connectivity index (χ3n) is 6.62. The van der Waals surface area contributed by atoms with Crippen molar-refractivity contribution in [3.05, 3.63) is 71.7 Å². The van der Waals surface area contributed by atoms with E-state index >= 15 is 0 Å². The van der Waals surface area contributed by atoms with Crippen LogP contribution in [-0.4, -0.2) is 24.0 Å². The van der Waals surface area contributed by atoms with E-state index in [0.717, 1.165) is 42.1 Å². The van der Waals surface area contributed by atoms with Crippen molar-refractivity contribution in [2.75, 3.05) is 12.4 Å². The first-order valence-electron chi connectivity index (χ1n) is 11.0. The van der Waals surface area contributed by atoms with E-state index in [1.807, 2.05) is 13.0 Å². The van der Waals surface area contributed by atoms with Gasteiger partial charge in [-0.25, -0.2) is 9.18 Å². The Labute approximate surface area is 187 Å². The Bertz CT molecular complexity index is 1140. The van der Waals surface area contributed by atoms with E-state index in [1.54, 1.807) is 42.6 Å². The Kier molecular flexibility index (Phi) is 6.49. The van der Waals surface area contributed by atoms with Crippen LogP contribution in [-0.2, 0) is 9.53 Å². The number of aromatic nitrogens is 1. The number of ether oxygens (including phenoxy) is 1. The third-order valence-corrected chi connectivity index (χ3v) is 6.62. The average Bonchev–Trinajstić information content (AvgIpc) is 2.83. The van der Waals surface area contributed by atoms with E-state index < -0.39 is 5.97 Å². The number of fused-ring (bicyclic) bond motifs is 1. The molecule has 32 heavy (non-hydrogen) atoms. The Morgan fingerprint density at radius 3 is 2.62 bits per heavy atom. The summed E-state index contributed by atoms with van der Waals surface area (Å²) in [4.78, 5) is 28.9. The van der Waals surface area contributed by atoms with E-state index in [-0.39, 0.29) is 23.6 Å². The number of amides is 1. The summed E-state index contributed by atoms with van der Waals surface area (Å²) in [5.74, 6) is -0.264. The number of rotatable bonds is 5. The van der Waals surface area contributed by atoms with Crippen molar-refractivity contribution in [3.8, 4) is 0 Å². The van der Waals surface area contributed by atoms with Gasteiger partial charge >= 0.3 is 5.97 Å². The average molecular weight is 435 g/mol. The topological polar surface area (TPSA) is 68.3 Å². The molecule has 1 N–H and O–H groups in total. The summed E-state index contributed by atoms with van der Waals surface area (Å²) < 4.78 is 18.6. The van der Waals surface area contributed by atoms with Gasteiger partial charge in [-0.3, -0.25) is 9.78 Å². The maximum absolute atomic E-state index is 13.8. The molecule has 0 radical (unpaired) electrons. The number of nitrogens with zero attached hydrogens (tertiary/aromatic N) is 1. The molecule has 2 aromatic carbocycles. The van der Waals surface area contributed by atoms with Gasteiger partial charge in [0.05, 0.1) is 18.2 Å². The van der Waals surface area contributed by atoms with Crippen molar-refractivity contribution < 1.29 is 18.7 Å². The van der Waals surface area contributed by atoms with Gasteiger partial charge in [-0.2, -0.15) is 0 Å². The van der Waals surface area contributed by atoms with Gasteiger partial charge in [-0.1, -0.05) is 13.0 Å². The number of benzene rings is 2. The largest absolute Gasteiger partial charge is 0.465 e. The van der Waals surface area contributed by atoms with Gasteiger partial charge in [0.1, 0.15) is 5.82 Å². The molecule has 1 heterocycles. The highest BCUT2D eigenvalue weighted by atomic mass is 19.1. The normalized spacial score (nSPS) is 19.3. The van der Waals surface area contributed by atoms with Crippen molar-refractivity contribution in [1.82, 2.24) is 4.98 Å². The summed E-state index contributed by atoms with van der Waals surface area (Å²) in [6.07, 6.45) is 5.56. The van der Waals surface area contributed by atoms with Crippen LogP contribution in [0.25, 0.3) is 10.9 Å². The molecule has 3 aromatic rings. The van der Waals surface area contributed by atoms with Crippen LogP contribution >= 0.6 is 0 Å². The number of carbonyl (C=O) groups is 2. The minimum Gasteiger partial charge on any atom is -0.465 e. The Morgan fingerprint density at radius 2 is 1.88 bits per heavy atom. The van der Waals surface area contributed by atoms with Crippen LogP contribution in [0.1, 0.15) is 54.4 Å². The molecular weight excluding hydrogens is 407 g/mol. The van der Waals surface area contributed by atoms with Crippen LogP contribution in [0.2, 0.25) is 0 Å². The molecule has 166 valence electrons. The molecule has 0 spiro atoms. The fourth-order valence-corrected chi connectivity index (χ4v) is 4.74. The lowest BCUT2D eigenvalue weighted by Gasteiger charge is -2.32. The molecule has 1 amide bonds. The lowest BCUT2D eigenvalue weighted by molar-refractivity contribution is -0.121. The number of hydrogen-bond acceptors (Lipinski definition) is 4. The molecule has 6 heteroatoms. The maximum atomic E-state index is 13.8. The number of halogens is 1. The lowest BCUT2D eigenvalue weighted by atomic mass is 9.73. The zero-order valence-corrected chi connectivity index (χ0v) is 18.3. The predicted octanol–water partition coefficient (Wildman–Crippen LogP) is 5.71. The molecule has 1 aliphatic rings. The van der Waals surface area contributed by atoms with Gasteiger partial charge in [0.15, 0.2) is 0 Å². The van der Waals surface area contributed by atoms with Crippen LogP contribution in [0.4, 0.5) is 10.1 Å². The highest BCUT2D eigenvalue weighted by Gasteiger charge is 2.30. The molecule has 1 aromatic heterocycles. The number of esters is 1. The Morgan fingerprint density at radius 1 is 1.09 bits per heavy atom. The second kappa shape index (κ2) is 9.47. The van der Waals surface area contributed by atoms with Crippen LogP contribution < -0.4 is 5.32 Å². The van der Waals surface area contributed by atoms with Crippen molar-refractivity contribution in [1.29, 1.82) is 0 Å². The summed E-state index contributed by atoms with van der Waals surface area (Å²) in [6, 6.07) is 13.5. The predicted molar refractivity (Wildman–Crippen MR) is 122 cm³/mol. The van der Waals surface area contributed by atoms with E-state index in [4.69, 9.17) is 4.74 Å². The minimum atomic E-state index is -0.434. The van der Waals surface area contributed by atoms with Gasteiger partial charge < -0.3 is 10.1 Å². The van der Waals surface area contributed by atoms with Gasteiger partial charge in [-0.05, 0) is 85.5 Å². The fourth-order valence-electron chi connectivity index (χ4n) is 4.74. The molecule has 0 saturated heterocycles. The first-order valence-corrected chi connectivity index (χ1v) is 11.0. The van der Waals surface area contributed by atoms with E-state index in [9.17, 15) is 14.0 Å². The zero-order chi connectivity index (χ0) is 22.7. The molecule has 1 aliphatic carbocycles. The third kappa shape index (κ3) is 4.64. The number of carbonyl (C=O) groups excluding carboxylic acids is 2. The van der Waals surface area contributed by atoms with E-state index in [0.29, 0.717) is 17.2 Å². The van der Waals surface area contributed by atoms with Crippen molar-refractivity contribution >= 4 is 28.5 Å². The smallest absolute Gasteiger partial charge is 0.337 e. The standard InChI is InChI=1S/C26H27FN2O3/c1-16(25(30)29-21-5-3-4-19(14-21)26(31)32-2)17-6-8-18(9-7-17)22-12-13-28-24-11-10-20(27)15-23(22)24/h3-5,10-18H,6-9H2,1-2H3,(H,29,30). The van der Waals surface area contributed by atoms with Crippen LogP contribution in [0, 0.1) is 17.7 Å². The van der Waals surface area contributed by atoms with E-state index in [1.165, 1.54) is 13.2 Å². The number of pyridine rings is 1. The summed E-state index contributed by atoms with van der Waals surface area (Å²) >= 11 is 0. The molecule has 1 fully saturated rings. The van der Waals surface area contributed by atoms with Crippen LogP contribution in [0.15, 0.2) is 54.7 Å². The molecular formula is C26H27FN2O3. The molecule has 1 unspecified atom stereocenters. The molecule has 0 aliphatic heterocycles. The Hall–Kier alpha value is -3.28. The minimum absolute atomic E-state index is 0.0492. The molecule has 4 rings (SSSR count). The fraction of sp³-hybridized carbons (Fsp3) is 0.346. The van der Waals surface area contributed by atoms with Gasteiger partial charge in [-0.15, -0.1) is 0 Å². The van der Waals surface area contributed by atoms with Crippen molar-refractivity contribution in [3.63, 3.8) is 0 Å². The highest BCUT2D eigenvalue weighted by Crippen LogP contribution is 2.41. The monoisotopic (exact) mass is 434 g/mol. The van der Waals surface area contributed by atoms with E-state index in [2.05, 4.69) is 10.3 Å². The Balaban J connectivity index is 1.40. The van der Waals surface area contributed by atoms with Crippen molar-refractivity contribution in [2.45, 2.75) is 38.5 Å². The second-order valence-corrected chi connectivity index (χ2v) is 8.52. The molecule has 5 nitrogen and oxygen atoms in total. The first-order chi connectivity index (χ1) is 15.5. The van der Waals surface area contributed by atoms with Gasteiger partial charge in [0, 0.05) is 23.2 Å². The van der Waals surface area contributed by atoms with Gasteiger partial charge in [0.25, 0.3) is 0 Å². The molecule has 0 bridgehead atoms. The first kappa shape index (κ1) is 21.9. The molecule has 1 atom stereocenters. The zero-order valence-electron chi connectivity index (χ0n) is 18.3. The molecule has 1 saturated carbocycles. The van der Waals surface area contributed by atoms with Crippen LogP contribution in [0.5, 0.6) is 0 Å². The van der Waals surface area contributed by atoms with Crippen molar-refractivity contribution in [2.24, 2.45) is 11.8 Å². The van der Waals surface area contributed by atoms with Gasteiger partial charge in [0.2, 0.25) is 5.91 Å². The number of hydrogen-bond donors (Lipinski definition) is 1. The number of anilines is 1. The lowest BCUT2D eigenvalue weighted by Crippen LogP contribution is -2.29. The SMILES string of the molecule is COC(=O)c1cccc(NC(=O)C(C)C2CCC(c3ccnc4ccc(F)cc34)CC2)c1. The number of methoxy groups -OCH3 is 1. The summed E-state index contributed by atoms with van der Waals surface area (Å²) in [5.41, 5.74) is 2.95. The highest BCUT2D eigenvalue weighted by molar-refractivity contribution is 5.95. The maximum Gasteiger partial charge on any atom is 0.337 e. The van der Waals surface area contributed by atoms with Crippen LogP contribution in [0.3, 0.4) is 0 Å². The summed E-state index contributed by atoms with van der Waals surface area (Å²) in [7, 11) is 1.33. The summed E-state index contributed by atoms with van der Waals surface area (Å²) in [6.45, 7) is 1.96.